The molecule has 4 rings (SSSR count). The molecular weight excluding hydrogens is 470 g/mol. The van der Waals surface area contributed by atoms with E-state index in [-0.39, 0.29) is 36.0 Å². The van der Waals surface area contributed by atoms with E-state index in [2.05, 4.69) is 4.72 Å². The topological polar surface area (TPSA) is 122 Å². The molecule has 1 fully saturated rings. The van der Waals surface area contributed by atoms with Crippen LogP contribution in [-0.4, -0.2) is 77.4 Å². The van der Waals surface area contributed by atoms with Crippen LogP contribution in [0.1, 0.15) is 6.92 Å². The van der Waals surface area contributed by atoms with Gasteiger partial charge in [0.05, 0.1) is 15.8 Å². The van der Waals surface area contributed by atoms with Crippen molar-refractivity contribution in [1.29, 1.82) is 0 Å². The third-order valence-corrected chi connectivity index (χ3v) is 8.91. The number of ether oxygens (including phenoxy) is 2. The number of rotatable bonds is 6. The molecule has 0 bridgehead atoms. The van der Waals surface area contributed by atoms with Gasteiger partial charge in [-0.2, -0.15) is 9.03 Å². The number of nitrogens with zero attached hydrogens (tertiary/aromatic N) is 2. The minimum atomic E-state index is -3.85. The fraction of sp³-hybridized carbons (Fsp3) is 0.381. The van der Waals surface area contributed by atoms with Crippen LogP contribution in [0.5, 0.6) is 11.5 Å². The van der Waals surface area contributed by atoms with Gasteiger partial charge in [-0.3, -0.25) is 4.79 Å². The normalized spacial score (nSPS) is 18.0. The van der Waals surface area contributed by atoms with Crippen LogP contribution < -0.4 is 14.2 Å². The molecule has 0 aliphatic carbocycles. The number of hydrogen-bond donors (Lipinski definition) is 1. The molecule has 1 saturated heterocycles. The smallest absolute Gasteiger partial charge is 0.243 e. The molecule has 12 heteroatoms. The van der Waals surface area contributed by atoms with Crippen LogP contribution in [0.4, 0.5) is 0 Å². The molecule has 2 heterocycles. The Hall–Kier alpha value is -2.67. The lowest BCUT2D eigenvalue weighted by atomic mass is 10.2. The quantitative estimate of drug-likeness (QED) is 0.625. The van der Waals surface area contributed by atoms with Gasteiger partial charge in [0.1, 0.15) is 13.2 Å². The lowest BCUT2D eigenvalue weighted by Gasteiger charge is -2.35. The highest BCUT2D eigenvalue weighted by Gasteiger charge is 2.33. The molecule has 0 aromatic heterocycles. The van der Waals surface area contributed by atoms with E-state index < -0.39 is 32.0 Å². The minimum absolute atomic E-state index is 0.0694. The van der Waals surface area contributed by atoms with Gasteiger partial charge >= 0.3 is 0 Å². The molecule has 10 nitrogen and oxygen atoms in total. The summed E-state index contributed by atoms with van der Waals surface area (Å²) in [6, 6.07) is 11.3. The molecule has 178 valence electrons. The van der Waals surface area contributed by atoms with Crippen molar-refractivity contribution in [3.8, 4) is 11.5 Å². The highest BCUT2D eigenvalue weighted by Crippen LogP contribution is 2.33. The van der Waals surface area contributed by atoms with Crippen LogP contribution in [-0.2, 0) is 24.8 Å². The van der Waals surface area contributed by atoms with Crippen molar-refractivity contribution in [2.45, 2.75) is 22.8 Å². The van der Waals surface area contributed by atoms with Crippen molar-refractivity contribution in [2.24, 2.45) is 0 Å². The first-order chi connectivity index (χ1) is 15.7. The summed E-state index contributed by atoms with van der Waals surface area (Å²) in [6.07, 6.45) is 0. The van der Waals surface area contributed by atoms with E-state index in [1.807, 2.05) is 0 Å². The number of fused-ring (bicyclic) bond motifs is 1. The highest BCUT2D eigenvalue weighted by atomic mass is 32.2. The summed E-state index contributed by atoms with van der Waals surface area (Å²) in [6.45, 7) is 2.74. The second kappa shape index (κ2) is 9.29. The monoisotopic (exact) mass is 495 g/mol. The van der Waals surface area contributed by atoms with E-state index in [9.17, 15) is 21.6 Å². The van der Waals surface area contributed by atoms with Crippen molar-refractivity contribution in [3.05, 3.63) is 48.5 Å². The molecule has 2 aliphatic heterocycles. The van der Waals surface area contributed by atoms with E-state index in [4.69, 9.17) is 9.47 Å². The molecular formula is C21H25N3O7S2. The van der Waals surface area contributed by atoms with Gasteiger partial charge in [0.2, 0.25) is 26.0 Å². The first-order valence-electron chi connectivity index (χ1n) is 10.4. The highest BCUT2D eigenvalue weighted by molar-refractivity contribution is 7.89. The molecule has 0 radical (unpaired) electrons. The zero-order chi connectivity index (χ0) is 23.6. The van der Waals surface area contributed by atoms with Crippen molar-refractivity contribution >= 4 is 26.0 Å². The Morgan fingerprint density at radius 1 is 0.879 bits per heavy atom. The minimum Gasteiger partial charge on any atom is -0.486 e. The summed E-state index contributed by atoms with van der Waals surface area (Å²) in [7, 11) is -7.63. The molecule has 0 spiro atoms. The Labute approximate surface area is 193 Å². The standard InChI is InChI=1S/C21H25N3O7S2/c1-16(22-32(26,27)17-5-3-2-4-6-17)21(25)23-9-11-24(12-10-23)33(28,29)18-7-8-19-20(15-18)31-14-13-30-19/h2-8,15-16,22H,9-14H2,1H3/t16-/m0/s1. The van der Waals surface area contributed by atoms with Crippen LogP contribution in [0.15, 0.2) is 58.3 Å². The lowest BCUT2D eigenvalue weighted by molar-refractivity contribution is -0.133. The van der Waals surface area contributed by atoms with Crippen molar-refractivity contribution < 1.29 is 31.1 Å². The molecule has 0 saturated carbocycles. The maximum absolute atomic E-state index is 13.1. The largest absolute Gasteiger partial charge is 0.486 e. The maximum Gasteiger partial charge on any atom is 0.243 e. The number of piperazine rings is 1. The average molecular weight is 496 g/mol. The number of amides is 1. The fourth-order valence-electron chi connectivity index (χ4n) is 3.71. The van der Waals surface area contributed by atoms with Gasteiger partial charge in [-0.1, -0.05) is 18.2 Å². The van der Waals surface area contributed by atoms with E-state index in [1.54, 1.807) is 24.3 Å². The van der Waals surface area contributed by atoms with Gasteiger partial charge < -0.3 is 14.4 Å². The Morgan fingerprint density at radius 3 is 2.18 bits per heavy atom. The number of nitrogens with one attached hydrogen (secondary N) is 1. The number of carbonyl (C=O) groups is 1. The summed E-state index contributed by atoms with van der Waals surface area (Å²) in [5.41, 5.74) is 0. The zero-order valence-electron chi connectivity index (χ0n) is 18.0. The number of sulfonamides is 2. The Bertz CT molecular complexity index is 1230. The summed E-state index contributed by atoms with van der Waals surface area (Å²) in [5.74, 6) is 0.476. The maximum atomic E-state index is 13.1. The van der Waals surface area contributed by atoms with Gasteiger partial charge in [-0.05, 0) is 31.2 Å². The number of hydrogen-bond acceptors (Lipinski definition) is 7. The second-order valence-electron chi connectivity index (χ2n) is 7.69. The van der Waals surface area contributed by atoms with Crippen molar-refractivity contribution in [3.63, 3.8) is 0 Å². The van der Waals surface area contributed by atoms with Crippen LogP contribution in [0.3, 0.4) is 0 Å². The molecule has 33 heavy (non-hydrogen) atoms. The van der Waals surface area contributed by atoms with E-state index in [0.29, 0.717) is 24.7 Å². The van der Waals surface area contributed by atoms with Crippen molar-refractivity contribution in [1.82, 2.24) is 13.9 Å². The molecule has 1 amide bonds. The zero-order valence-corrected chi connectivity index (χ0v) is 19.6. The molecule has 1 atom stereocenters. The van der Waals surface area contributed by atoms with Gasteiger partial charge in [-0.15, -0.1) is 0 Å². The van der Waals surface area contributed by atoms with Crippen LogP contribution in [0.25, 0.3) is 0 Å². The first kappa shape index (κ1) is 23.5. The number of benzene rings is 2. The van der Waals surface area contributed by atoms with Gasteiger partial charge in [0.15, 0.2) is 11.5 Å². The second-order valence-corrected chi connectivity index (χ2v) is 11.3. The third kappa shape index (κ3) is 4.98. The summed E-state index contributed by atoms with van der Waals surface area (Å²) < 4.78 is 65.7. The summed E-state index contributed by atoms with van der Waals surface area (Å²) in [4.78, 5) is 14.4. The molecule has 2 aromatic rings. The lowest BCUT2D eigenvalue weighted by Crippen LogP contribution is -2.55. The van der Waals surface area contributed by atoms with Gasteiger partial charge in [-0.25, -0.2) is 16.8 Å². The van der Waals surface area contributed by atoms with Crippen LogP contribution >= 0.6 is 0 Å². The fourth-order valence-corrected chi connectivity index (χ4v) is 6.36. The predicted octanol–water partition coefficient (Wildman–Crippen LogP) is 0.658. The third-order valence-electron chi connectivity index (χ3n) is 5.46. The van der Waals surface area contributed by atoms with Crippen LogP contribution in [0.2, 0.25) is 0 Å². The predicted molar refractivity (Wildman–Crippen MR) is 119 cm³/mol. The Kier molecular flexibility index (Phi) is 6.61. The molecule has 2 aromatic carbocycles. The Balaban J connectivity index is 1.38. The van der Waals surface area contributed by atoms with Gasteiger partial charge in [0, 0.05) is 32.2 Å². The van der Waals surface area contributed by atoms with Gasteiger partial charge in [0.25, 0.3) is 0 Å². The van der Waals surface area contributed by atoms with E-state index in [0.717, 1.165) is 0 Å². The molecule has 2 aliphatic rings. The van der Waals surface area contributed by atoms with E-state index >= 15 is 0 Å². The molecule has 0 unspecified atom stereocenters. The summed E-state index contributed by atoms with van der Waals surface area (Å²) >= 11 is 0. The number of carbonyl (C=O) groups excluding carboxylic acids is 1. The Morgan fingerprint density at radius 2 is 1.52 bits per heavy atom. The van der Waals surface area contributed by atoms with Crippen LogP contribution in [0, 0.1) is 0 Å². The SMILES string of the molecule is C[C@H](NS(=O)(=O)c1ccccc1)C(=O)N1CCN(S(=O)(=O)c2ccc3c(c2)OCCO3)CC1. The summed E-state index contributed by atoms with van der Waals surface area (Å²) in [5, 5.41) is 0. The first-order valence-corrected chi connectivity index (χ1v) is 13.4. The average Bonchev–Trinajstić information content (AvgIpc) is 2.83. The van der Waals surface area contributed by atoms with Crippen molar-refractivity contribution in [2.75, 3.05) is 39.4 Å². The van der Waals surface area contributed by atoms with E-state index in [1.165, 1.54) is 40.4 Å². The molecule has 1 N–H and O–H groups in total.